The quantitative estimate of drug-likeness (QED) is 0.531. The van der Waals surface area contributed by atoms with Crippen LogP contribution >= 0.6 is 0 Å². The van der Waals surface area contributed by atoms with Gasteiger partial charge < -0.3 is 14.6 Å². The molecule has 1 aromatic carbocycles. The zero-order chi connectivity index (χ0) is 14.1. The van der Waals surface area contributed by atoms with Crippen molar-refractivity contribution in [1.82, 2.24) is 0 Å². The van der Waals surface area contributed by atoms with E-state index in [1.807, 2.05) is 13.0 Å². The lowest BCUT2D eigenvalue weighted by atomic mass is 10.1. The van der Waals surface area contributed by atoms with E-state index in [1.165, 1.54) is 0 Å². The number of esters is 1. The molecule has 0 aromatic heterocycles. The van der Waals surface area contributed by atoms with Gasteiger partial charge in [0.15, 0.2) is 0 Å². The van der Waals surface area contributed by atoms with Gasteiger partial charge in [-0.3, -0.25) is 4.79 Å². The first kappa shape index (κ1) is 15.2. The second kappa shape index (κ2) is 8.29. The highest BCUT2D eigenvalue weighted by Gasteiger charge is 2.16. The van der Waals surface area contributed by atoms with Crippen LogP contribution in [-0.4, -0.2) is 11.9 Å². The van der Waals surface area contributed by atoms with Gasteiger partial charge in [-0.15, -0.1) is 0 Å². The number of hydrogen-bond donors (Lipinski definition) is 0. The Hall–Kier alpha value is -1.84. The first-order valence-corrected chi connectivity index (χ1v) is 6.57. The molecule has 4 nitrogen and oxygen atoms in total. The summed E-state index contributed by atoms with van der Waals surface area (Å²) in [6, 6.07) is 8.87. The molecule has 0 fully saturated rings. The monoisotopic (exact) mass is 263 g/mol. The Bertz CT molecular complexity index is 400. The lowest BCUT2D eigenvalue weighted by molar-refractivity contribution is -0.307. The molecule has 0 heterocycles. The van der Waals surface area contributed by atoms with Gasteiger partial charge in [0.1, 0.15) is 6.10 Å². The van der Waals surface area contributed by atoms with E-state index in [0.717, 1.165) is 19.3 Å². The van der Waals surface area contributed by atoms with Gasteiger partial charge >= 0.3 is 5.97 Å². The van der Waals surface area contributed by atoms with Crippen LogP contribution in [0.25, 0.3) is 0 Å². The number of aliphatic carboxylic acids is 1. The number of benzene rings is 1. The summed E-state index contributed by atoms with van der Waals surface area (Å²) in [7, 11) is 0. The topological polar surface area (TPSA) is 66.4 Å². The van der Waals surface area contributed by atoms with Crippen molar-refractivity contribution in [2.24, 2.45) is 0 Å². The average molecular weight is 263 g/mol. The van der Waals surface area contributed by atoms with Crippen molar-refractivity contribution in [2.45, 2.75) is 45.1 Å². The fourth-order valence-electron chi connectivity index (χ4n) is 1.78. The molecule has 4 heteroatoms. The highest BCUT2D eigenvalue weighted by Crippen LogP contribution is 2.21. The summed E-state index contributed by atoms with van der Waals surface area (Å²) < 4.78 is 5.23. The van der Waals surface area contributed by atoms with Crippen molar-refractivity contribution < 1.29 is 19.4 Å². The summed E-state index contributed by atoms with van der Waals surface area (Å²) in [5.74, 6) is -1.58. The number of unbranched alkanes of at least 4 members (excludes halogenated alkanes) is 2. The molecule has 0 N–H and O–H groups in total. The van der Waals surface area contributed by atoms with Crippen molar-refractivity contribution in [3.05, 3.63) is 35.9 Å². The Labute approximate surface area is 113 Å². The Morgan fingerprint density at radius 2 is 1.89 bits per heavy atom. The summed E-state index contributed by atoms with van der Waals surface area (Å²) in [6.07, 6.45) is 2.00. The highest BCUT2D eigenvalue weighted by atomic mass is 16.5. The lowest BCUT2D eigenvalue weighted by Gasteiger charge is -2.18. The van der Waals surface area contributed by atoms with E-state index in [0.29, 0.717) is 12.0 Å². The average Bonchev–Trinajstić information content (AvgIpc) is 2.39. The third-order valence-corrected chi connectivity index (χ3v) is 2.78. The molecule has 0 radical (unpaired) electrons. The zero-order valence-electron chi connectivity index (χ0n) is 11.1. The number of carboxylic acids is 1. The normalized spacial score (nSPS) is 11.8. The Morgan fingerprint density at radius 3 is 2.47 bits per heavy atom. The van der Waals surface area contributed by atoms with E-state index in [1.54, 1.807) is 24.3 Å². The van der Waals surface area contributed by atoms with Crippen LogP contribution in [0.15, 0.2) is 30.3 Å². The molecule has 0 saturated carbocycles. The number of carbonyl (C=O) groups is 2. The van der Waals surface area contributed by atoms with Gasteiger partial charge in [-0.1, -0.05) is 50.1 Å². The minimum atomic E-state index is -1.23. The fourth-order valence-corrected chi connectivity index (χ4v) is 1.78. The van der Waals surface area contributed by atoms with Crippen LogP contribution in [-0.2, 0) is 14.3 Å². The summed E-state index contributed by atoms with van der Waals surface area (Å²) in [5.41, 5.74) is 0.676. The predicted molar refractivity (Wildman–Crippen MR) is 69.0 cm³/mol. The molecule has 0 spiro atoms. The number of rotatable bonds is 8. The minimum Gasteiger partial charge on any atom is -0.550 e. The molecule has 19 heavy (non-hydrogen) atoms. The lowest BCUT2D eigenvalue weighted by Crippen LogP contribution is -2.26. The number of carbonyl (C=O) groups excluding carboxylic acids is 2. The molecule has 1 rings (SSSR count). The molecule has 104 valence electrons. The zero-order valence-corrected chi connectivity index (χ0v) is 11.1. The van der Waals surface area contributed by atoms with Crippen molar-refractivity contribution >= 4 is 11.9 Å². The van der Waals surface area contributed by atoms with Gasteiger partial charge in [0.25, 0.3) is 0 Å². The molecule has 1 atom stereocenters. The van der Waals surface area contributed by atoms with Crippen molar-refractivity contribution in [1.29, 1.82) is 0 Å². The maximum Gasteiger partial charge on any atom is 0.306 e. The molecule has 0 aliphatic rings. The fraction of sp³-hybridized carbons (Fsp3) is 0.467. The van der Waals surface area contributed by atoms with E-state index in [4.69, 9.17) is 4.74 Å². The van der Waals surface area contributed by atoms with Crippen LogP contribution in [0.1, 0.15) is 50.7 Å². The third-order valence-electron chi connectivity index (χ3n) is 2.78. The Kier molecular flexibility index (Phi) is 6.64. The van der Waals surface area contributed by atoms with Gasteiger partial charge in [0, 0.05) is 18.8 Å². The maximum absolute atomic E-state index is 11.6. The van der Waals surface area contributed by atoms with Gasteiger partial charge in [0.05, 0.1) is 0 Å². The summed E-state index contributed by atoms with van der Waals surface area (Å²) in [5, 5.41) is 10.7. The summed E-state index contributed by atoms with van der Waals surface area (Å²) in [4.78, 5) is 22.4. The Morgan fingerprint density at radius 1 is 1.21 bits per heavy atom. The molecule has 0 aliphatic carbocycles. The van der Waals surface area contributed by atoms with E-state index >= 15 is 0 Å². The minimum absolute atomic E-state index is 0.316. The SMILES string of the molecule is CCCCCC(=O)OC(CC(=O)[O-])c1ccccc1. The number of hydrogen-bond acceptors (Lipinski definition) is 4. The smallest absolute Gasteiger partial charge is 0.306 e. The largest absolute Gasteiger partial charge is 0.550 e. The highest BCUT2D eigenvalue weighted by molar-refractivity contribution is 5.71. The van der Waals surface area contributed by atoms with Gasteiger partial charge in [-0.05, 0) is 12.0 Å². The molecule has 0 bridgehead atoms. The van der Waals surface area contributed by atoms with Gasteiger partial charge in [0.2, 0.25) is 0 Å². The van der Waals surface area contributed by atoms with E-state index in [-0.39, 0.29) is 12.4 Å². The number of carboxylic acid groups (broad SMARTS) is 1. The van der Waals surface area contributed by atoms with Crippen LogP contribution in [0, 0.1) is 0 Å². The summed E-state index contributed by atoms with van der Waals surface area (Å²) in [6.45, 7) is 2.05. The van der Waals surface area contributed by atoms with Crippen LogP contribution < -0.4 is 5.11 Å². The molecule has 0 aliphatic heterocycles. The molecule has 1 unspecified atom stereocenters. The molecular weight excluding hydrogens is 244 g/mol. The van der Waals surface area contributed by atoms with E-state index < -0.39 is 12.1 Å². The maximum atomic E-state index is 11.6. The molecule has 0 amide bonds. The second-order valence-electron chi connectivity index (χ2n) is 4.42. The van der Waals surface area contributed by atoms with Crippen LogP contribution in [0.4, 0.5) is 0 Å². The predicted octanol–water partition coefficient (Wildman–Crippen LogP) is 1.99. The first-order chi connectivity index (χ1) is 9.13. The standard InChI is InChI=1S/C15H20O4/c1-2-3-5-10-15(18)19-13(11-14(16)17)12-8-6-4-7-9-12/h4,6-9,13H,2-3,5,10-11H2,1H3,(H,16,17)/p-1. The molecule has 0 saturated heterocycles. The molecule has 1 aromatic rings. The first-order valence-electron chi connectivity index (χ1n) is 6.57. The van der Waals surface area contributed by atoms with E-state index in [2.05, 4.69) is 0 Å². The van der Waals surface area contributed by atoms with Crippen LogP contribution in [0.5, 0.6) is 0 Å². The van der Waals surface area contributed by atoms with Crippen LogP contribution in [0.3, 0.4) is 0 Å². The van der Waals surface area contributed by atoms with E-state index in [9.17, 15) is 14.7 Å². The number of ether oxygens (including phenoxy) is 1. The van der Waals surface area contributed by atoms with Crippen molar-refractivity contribution in [3.8, 4) is 0 Å². The Balaban J connectivity index is 2.60. The summed E-state index contributed by atoms with van der Waals surface area (Å²) >= 11 is 0. The van der Waals surface area contributed by atoms with Gasteiger partial charge in [-0.2, -0.15) is 0 Å². The molecular formula is C15H19O4-. The van der Waals surface area contributed by atoms with Gasteiger partial charge in [-0.25, -0.2) is 0 Å². The van der Waals surface area contributed by atoms with Crippen molar-refractivity contribution in [2.75, 3.05) is 0 Å². The third kappa shape index (κ3) is 6.04. The second-order valence-corrected chi connectivity index (χ2v) is 4.42. The van der Waals surface area contributed by atoms with Crippen molar-refractivity contribution in [3.63, 3.8) is 0 Å². The van der Waals surface area contributed by atoms with Crippen LogP contribution in [0.2, 0.25) is 0 Å².